The van der Waals surface area contributed by atoms with Crippen LogP contribution in [-0.2, 0) is 22.6 Å². The molecule has 3 N–H and O–H groups in total. The van der Waals surface area contributed by atoms with E-state index in [0.29, 0.717) is 36.7 Å². The Labute approximate surface area is 250 Å². The Morgan fingerprint density at radius 3 is 2.51 bits per heavy atom. The number of ketones is 1. The van der Waals surface area contributed by atoms with Crippen LogP contribution in [-0.4, -0.2) is 47.5 Å². The Bertz CT molecular complexity index is 1670. The fourth-order valence-corrected chi connectivity index (χ4v) is 5.37. The lowest BCUT2D eigenvalue weighted by Crippen LogP contribution is -2.50. The largest absolute Gasteiger partial charge is 0.497 e. The van der Waals surface area contributed by atoms with Crippen LogP contribution in [0.5, 0.6) is 5.75 Å². The number of hydrogen-bond acceptors (Lipinski definition) is 8. The highest BCUT2D eigenvalue weighted by atomic mass is 16.5. The summed E-state index contributed by atoms with van der Waals surface area (Å²) in [5.41, 5.74) is 10.3. The fraction of sp³-hybridized carbons (Fsp3) is 0.176. The van der Waals surface area contributed by atoms with Crippen LogP contribution in [0.3, 0.4) is 0 Å². The smallest absolute Gasteiger partial charge is 0.251 e. The molecule has 0 saturated heterocycles. The van der Waals surface area contributed by atoms with Gasteiger partial charge in [0.05, 0.1) is 25.5 Å². The number of nitrogens with zero attached hydrogens (tertiary/aromatic N) is 4. The van der Waals surface area contributed by atoms with Crippen LogP contribution in [0.25, 0.3) is 5.57 Å². The molecule has 0 radical (unpaired) electrons. The minimum Gasteiger partial charge on any atom is -0.497 e. The number of para-hydroxylation sites is 1. The summed E-state index contributed by atoms with van der Waals surface area (Å²) in [6, 6.07) is 24.9. The number of nitrogens with one attached hydrogen (secondary N) is 1. The number of Topliss-reactive ketones (excluding diaryl/α,β-unsaturated/α-hetero) is 1. The first-order chi connectivity index (χ1) is 21.0. The number of allylic oxidation sites excluding steroid dienone is 2. The molecule has 2 aliphatic rings. The van der Waals surface area contributed by atoms with E-state index in [1.165, 1.54) is 4.90 Å². The highest BCUT2D eigenvalue weighted by molar-refractivity contribution is 6.26. The molecule has 9 nitrogen and oxygen atoms in total. The summed E-state index contributed by atoms with van der Waals surface area (Å²) >= 11 is 0. The van der Waals surface area contributed by atoms with Gasteiger partial charge in [0.1, 0.15) is 17.6 Å². The maximum absolute atomic E-state index is 13.9. The maximum Gasteiger partial charge on any atom is 0.251 e. The molecule has 1 aliphatic carbocycles. The Hall–Kier alpha value is -5.12. The van der Waals surface area contributed by atoms with E-state index >= 15 is 0 Å². The van der Waals surface area contributed by atoms with Crippen LogP contribution in [0.2, 0.25) is 0 Å². The van der Waals surface area contributed by atoms with Crippen LogP contribution >= 0.6 is 0 Å². The lowest BCUT2D eigenvalue weighted by atomic mass is 9.92. The van der Waals surface area contributed by atoms with Crippen molar-refractivity contribution < 1.29 is 14.3 Å². The van der Waals surface area contributed by atoms with Gasteiger partial charge in [0.2, 0.25) is 5.95 Å². The summed E-state index contributed by atoms with van der Waals surface area (Å²) in [4.78, 5) is 40.7. The van der Waals surface area contributed by atoms with Gasteiger partial charge in [-0.05, 0) is 41.8 Å². The van der Waals surface area contributed by atoms with Gasteiger partial charge in [-0.3, -0.25) is 14.9 Å². The van der Waals surface area contributed by atoms with E-state index in [0.717, 1.165) is 22.4 Å². The molecule has 1 amide bonds. The van der Waals surface area contributed by atoms with Crippen molar-refractivity contribution in [1.29, 1.82) is 0 Å². The number of rotatable bonds is 8. The summed E-state index contributed by atoms with van der Waals surface area (Å²) in [6.07, 6.45) is 7.66. The second kappa shape index (κ2) is 12.4. The summed E-state index contributed by atoms with van der Waals surface area (Å²) in [6.45, 7) is 0.928. The van der Waals surface area contributed by atoms with Gasteiger partial charge in [0.25, 0.3) is 5.91 Å². The van der Waals surface area contributed by atoms with Crippen molar-refractivity contribution >= 4 is 34.7 Å². The lowest BCUT2D eigenvalue weighted by molar-refractivity contribution is -0.119. The third-order valence-electron chi connectivity index (χ3n) is 7.58. The highest BCUT2D eigenvalue weighted by Gasteiger charge is 2.34. The summed E-state index contributed by atoms with van der Waals surface area (Å²) in [5.74, 6) is 1.13. The zero-order chi connectivity index (χ0) is 29.8. The van der Waals surface area contributed by atoms with Gasteiger partial charge in [-0.15, -0.1) is 0 Å². The van der Waals surface area contributed by atoms with Gasteiger partial charge in [-0.2, -0.15) is 4.98 Å². The molecule has 216 valence electrons. The number of nitrogens with two attached hydrogens (primary N) is 1. The quantitative estimate of drug-likeness (QED) is 0.323. The first-order valence-corrected chi connectivity index (χ1v) is 14.1. The van der Waals surface area contributed by atoms with E-state index in [1.807, 2.05) is 108 Å². The van der Waals surface area contributed by atoms with Gasteiger partial charge in [0, 0.05) is 23.9 Å². The average molecular weight is 573 g/mol. The average Bonchev–Trinajstić information content (AvgIpc) is 3.06. The molecule has 1 unspecified atom stereocenters. The molecule has 0 spiro atoms. The van der Waals surface area contributed by atoms with Crippen molar-refractivity contribution in [1.82, 2.24) is 15.3 Å². The number of amides is 1. The van der Waals surface area contributed by atoms with Crippen LogP contribution in [0.4, 0.5) is 17.5 Å². The zero-order valence-corrected chi connectivity index (χ0v) is 23.8. The predicted octanol–water partition coefficient (Wildman–Crippen LogP) is 4.18. The second-order valence-electron chi connectivity index (χ2n) is 10.4. The van der Waals surface area contributed by atoms with E-state index in [9.17, 15) is 9.59 Å². The number of aromatic nitrogens is 2. The number of hydrogen-bond donors (Lipinski definition) is 2. The predicted molar refractivity (Wildman–Crippen MR) is 167 cm³/mol. The third-order valence-corrected chi connectivity index (χ3v) is 7.58. The molecule has 3 aromatic carbocycles. The molecule has 1 aromatic heterocycles. The molecule has 0 bridgehead atoms. The van der Waals surface area contributed by atoms with Gasteiger partial charge >= 0.3 is 0 Å². The van der Waals surface area contributed by atoms with E-state index in [2.05, 4.69) is 10.3 Å². The van der Waals surface area contributed by atoms with E-state index in [-0.39, 0.29) is 17.6 Å². The standard InChI is InChI=1S/C34H32N6O3/c1-43-27-17-15-24(16-18-27)28-13-8-14-30(31(28)41)39-22-36-20-25-21-37-34(38-32(25)39)40(26-11-6-3-7-12-26)33(42)29(35)19-23-9-4-2-5-10-23/h2-18,21,29-30,36H,19-20,22,35H2,1H3/t29-,30?/m0/s1. The Balaban J connectivity index is 1.33. The number of methoxy groups -OCH3 is 1. The highest BCUT2D eigenvalue weighted by Crippen LogP contribution is 2.32. The maximum atomic E-state index is 13.9. The molecular formula is C34H32N6O3. The summed E-state index contributed by atoms with van der Waals surface area (Å²) in [7, 11) is 1.61. The van der Waals surface area contributed by atoms with Gasteiger partial charge in [-0.1, -0.05) is 78.9 Å². The molecule has 1 aliphatic heterocycles. The van der Waals surface area contributed by atoms with Crippen molar-refractivity contribution in [2.75, 3.05) is 23.6 Å². The Kier molecular flexibility index (Phi) is 8.08. The van der Waals surface area contributed by atoms with E-state index in [1.54, 1.807) is 13.3 Å². The van der Waals surface area contributed by atoms with Gasteiger partial charge in [0.15, 0.2) is 5.78 Å². The van der Waals surface area contributed by atoms with Crippen molar-refractivity contribution in [3.63, 3.8) is 0 Å². The minimum absolute atomic E-state index is 0.0524. The van der Waals surface area contributed by atoms with Crippen molar-refractivity contribution in [2.45, 2.75) is 25.0 Å². The molecule has 43 heavy (non-hydrogen) atoms. The molecule has 0 saturated carbocycles. The molecule has 2 atom stereocenters. The first-order valence-electron chi connectivity index (χ1n) is 14.1. The molecule has 0 fully saturated rings. The fourth-order valence-electron chi connectivity index (χ4n) is 5.37. The van der Waals surface area contributed by atoms with Gasteiger partial charge < -0.3 is 15.4 Å². The van der Waals surface area contributed by atoms with Crippen LogP contribution in [0, 0.1) is 0 Å². The summed E-state index contributed by atoms with van der Waals surface area (Å²) in [5, 5.41) is 3.35. The summed E-state index contributed by atoms with van der Waals surface area (Å²) < 4.78 is 5.28. The number of anilines is 3. The lowest BCUT2D eigenvalue weighted by Gasteiger charge is -2.36. The molecule has 6 rings (SSSR count). The van der Waals surface area contributed by atoms with Crippen molar-refractivity contribution in [2.24, 2.45) is 5.73 Å². The second-order valence-corrected chi connectivity index (χ2v) is 10.4. The molecular weight excluding hydrogens is 540 g/mol. The normalized spacial score (nSPS) is 16.7. The zero-order valence-electron chi connectivity index (χ0n) is 23.8. The topological polar surface area (TPSA) is 114 Å². The number of ether oxygens (including phenoxy) is 1. The SMILES string of the molecule is COc1ccc(C2=CC=CC(N3CNCc4cnc(N(C(=O)[C@@H](N)Cc5ccccc5)c5ccccc5)nc43)C2=O)cc1. The minimum atomic E-state index is -0.819. The van der Waals surface area contributed by atoms with Crippen molar-refractivity contribution in [3.8, 4) is 5.75 Å². The van der Waals surface area contributed by atoms with Crippen LogP contribution in [0.15, 0.2) is 109 Å². The number of benzene rings is 3. The number of fused-ring (bicyclic) bond motifs is 1. The molecule has 4 aromatic rings. The van der Waals surface area contributed by atoms with Gasteiger partial charge in [-0.25, -0.2) is 9.88 Å². The van der Waals surface area contributed by atoms with Crippen LogP contribution < -0.4 is 25.6 Å². The number of carbonyl (C=O) groups excluding carboxylic acids is 2. The molecule has 9 heteroatoms. The Morgan fingerprint density at radius 2 is 1.79 bits per heavy atom. The monoisotopic (exact) mass is 572 g/mol. The Morgan fingerprint density at radius 1 is 1.07 bits per heavy atom. The van der Waals surface area contributed by atoms with Crippen LogP contribution in [0.1, 0.15) is 16.7 Å². The van der Waals surface area contributed by atoms with E-state index < -0.39 is 12.1 Å². The molecule has 2 heterocycles. The van der Waals surface area contributed by atoms with Crippen molar-refractivity contribution in [3.05, 3.63) is 126 Å². The first kappa shape index (κ1) is 28.0. The third kappa shape index (κ3) is 5.81. The van der Waals surface area contributed by atoms with E-state index in [4.69, 9.17) is 15.5 Å². The number of carbonyl (C=O) groups is 2.